The average molecular weight is 555 g/mol. The van der Waals surface area contributed by atoms with Crippen LogP contribution in [0, 0.1) is 0 Å². The van der Waals surface area contributed by atoms with Crippen LogP contribution in [0.15, 0.2) is 142 Å². The molecule has 0 radical (unpaired) electrons. The highest BCUT2D eigenvalue weighted by molar-refractivity contribution is 5.32. The van der Waals surface area contributed by atoms with Crippen LogP contribution in [-0.4, -0.2) is 10.7 Å². The van der Waals surface area contributed by atoms with Gasteiger partial charge in [-0.05, 0) is 101 Å². The molecule has 224 valence electrons. The summed E-state index contributed by atoms with van der Waals surface area (Å²) < 4.78 is 0. The highest BCUT2D eigenvalue weighted by Crippen LogP contribution is 2.15. The first-order valence-electron chi connectivity index (χ1n) is 15.0. The lowest BCUT2D eigenvalue weighted by molar-refractivity contribution is 0.0689. The molecule has 0 bridgehead atoms. The van der Waals surface area contributed by atoms with Crippen molar-refractivity contribution in [2.75, 3.05) is 0 Å². The largest absolute Gasteiger partial charge is 0.390 e. The van der Waals surface area contributed by atoms with Crippen molar-refractivity contribution in [2.24, 2.45) is 0 Å². The summed E-state index contributed by atoms with van der Waals surface area (Å²) in [7, 11) is 0. The monoisotopic (exact) mass is 554 g/mol. The zero-order valence-electron chi connectivity index (χ0n) is 27.8. The fourth-order valence-electron chi connectivity index (χ4n) is 3.62. The molecule has 0 saturated heterocycles. The molecule has 0 fully saturated rings. The van der Waals surface area contributed by atoms with Gasteiger partial charge in [0.25, 0.3) is 0 Å². The second-order valence-corrected chi connectivity index (χ2v) is 12.0. The first kappa shape index (κ1) is 37.8. The summed E-state index contributed by atoms with van der Waals surface area (Å²) in [5.41, 5.74) is 8.39. The Bertz CT molecular complexity index is 1130. The van der Waals surface area contributed by atoms with E-state index in [1.54, 1.807) is 0 Å². The maximum atomic E-state index is 9.82. The van der Waals surface area contributed by atoms with Gasteiger partial charge < -0.3 is 5.11 Å². The van der Waals surface area contributed by atoms with Crippen LogP contribution in [0.25, 0.3) is 0 Å². The maximum Gasteiger partial charge on any atom is 0.0591 e. The lowest BCUT2D eigenvalue weighted by Crippen LogP contribution is -2.17. The summed E-state index contributed by atoms with van der Waals surface area (Å²) in [4.78, 5) is 0. The quantitative estimate of drug-likeness (QED) is 0.140. The number of aliphatic hydroxyl groups is 1. The van der Waals surface area contributed by atoms with Gasteiger partial charge in [-0.2, -0.15) is 0 Å². The molecule has 0 unspecified atom stereocenters. The summed E-state index contributed by atoms with van der Waals surface area (Å²) in [5.74, 6) is 0. The molecule has 0 aliphatic carbocycles. The Balaban J connectivity index is 4.69. The molecule has 0 heterocycles. The lowest BCUT2D eigenvalue weighted by Gasteiger charge is -2.16. The van der Waals surface area contributed by atoms with E-state index in [1.807, 2.05) is 13.8 Å². The van der Waals surface area contributed by atoms with Gasteiger partial charge in [0.15, 0.2) is 0 Å². The third-order valence-electron chi connectivity index (χ3n) is 6.20. The highest BCUT2D eigenvalue weighted by atomic mass is 16.3. The smallest absolute Gasteiger partial charge is 0.0591 e. The van der Waals surface area contributed by atoms with E-state index in [-0.39, 0.29) is 0 Å². The van der Waals surface area contributed by atoms with Gasteiger partial charge in [-0.3, -0.25) is 0 Å². The minimum atomic E-state index is -0.575. The zero-order chi connectivity index (χ0) is 31.1. The Morgan fingerprint density at radius 2 is 0.878 bits per heavy atom. The molecule has 0 atom stereocenters. The third-order valence-corrected chi connectivity index (χ3v) is 6.20. The van der Waals surface area contributed by atoms with Gasteiger partial charge in [0.05, 0.1) is 5.60 Å². The second-order valence-electron chi connectivity index (χ2n) is 12.0. The van der Waals surface area contributed by atoms with Crippen LogP contribution in [0.5, 0.6) is 0 Å². The predicted octanol–water partition coefficient (Wildman–Crippen LogP) is 12.1. The molecule has 0 rings (SSSR count). The van der Waals surface area contributed by atoms with Crippen molar-refractivity contribution in [3.05, 3.63) is 142 Å². The normalized spacial score (nSPS) is 15.6. The van der Waals surface area contributed by atoms with Gasteiger partial charge in [0, 0.05) is 0 Å². The SMILES string of the molecule is CC(C)=CCC/C(C)=C/C=C/C(C)=C/C=C/C(C)=C\C=C\C=C(C)\C=C\C=C(C)\C=C\C=C(/C)CCCC(C)(C)O. The number of rotatable bonds is 17. The van der Waals surface area contributed by atoms with E-state index in [0.717, 1.165) is 32.1 Å². The molecular weight excluding hydrogens is 496 g/mol. The number of hydrogen-bond acceptors (Lipinski definition) is 1. The van der Waals surface area contributed by atoms with Crippen molar-refractivity contribution in [3.8, 4) is 0 Å². The molecule has 1 heteroatoms. The average Bonchev–Trinajstić information content (AvgIpc) is 2.85. The second kappa shape index (κ2) is 22.5. The summed E-state index contributed by atoms with van der Waals surface area (Å²) in [6, 6.07) is 0. The van der Waals surface area contributed by atoms with E-state index in [9.17, 15) is 5.11 Å². The predicted molar refractivity (Wildman–Crippen MR) is 187 cm³/mol. The molecule has 0 aliphatic heterocycles. The first-order valence-corrected chi connectivity index (χ1v) is 15.0. The Morgan fingerprint density at radius 3 is 1.27 bits per heavy atom. The molecule has 0 saturated carbocycles. The maximum absolute atomic E-state index is 9.82. The van der Waals surface area contributed by atoms with Crippen molar-refractivity contribution in [3.63, 3.8) is 0 Å². The van der Waals surface area contributed by atoms with E-state index >= 15 is 0 Å². The molecule has 1 nitrogen and oxygen atoms in total. The van der Waals surface area contributed by atoms with Crippen LogP contribution in [-0.2, 0) is 0 Å². The Kier molecular flexibility index (Phi) is 20.8. The number of allylic oxidation sites excluding steroid dienone is 24. The molecule has 0 aromatic rings. The lowest BCUT2D eigenvalue weighted by atomic mass is 9.99. The van der Waals surface area contributed by atoms with E-state index in [1.165, 1.54) is 39.0 Å². The van der Waals surface area contributed by atoms with Crippen LogP contribution >= 0.6 is 0 Å². The minimum Gasteiger partial charge on any atom is -0.390 e. The van der Waals surface area contributed by atoms with Crippen LogP contribution in [0.2, 0.25) is 0 Å². The third kappa shape index (κ3) is 26.8. The van der Waals surface area contributed by atoms with Crippen LogP contribution in [0.3, 0.4) is 0 Å². The molecule has 0 amide bonds. The van der Waals surface area contributed by atoms with Crippen molar-refractivity contribution in [1.29, 1.82) is 0 Å². The van der Waals surface area contributed by atoms with Crippen LogP contribution < -0.4 is 0 Å². The van der Waals surface area contributed by atoms with Gasteiger partial charge in [-0.25, -0.2) is 0 Å². The molecule has 0 spiro atoms. The van der Waals surface area contributed by atoms with Gasteiger partial charge in [-0.1, -0.05) is 142 Å². The van der Waals surface area contributed by atoms with E-state index in [4.69, 9.17) is 0 Å². The van der Waals surface area contributed by atoms with Gasteiger partial charge in [0.2, 0.25) is 0 Å². The standard InChI is InChI=1S/C40H58O/c1-33(2)19-13-22-36(5)25-16-28-37(6)26-14-23-34(3)20-11-12-21-35(4)24-15-27-38(7)29-17-30-39(8)31-18-32-40(9,10)41/h11-12,14-17,19-21,23-30,41H,13,18,22,31-32H2,1-10H3/b12-11+,23-14+,24-15+,28-16+,29-17+,34-20-,35-21+,36-25+,37-26+,38-27+,39-30+. The van der Waals surface area contributed by atoms with Crippen molar-refractivity contribution in [2.45, 2.75) is 107 Å². The molecule has 0 aromatic heterocycles. The Labute approximate surface area is 253 Å². The van der Waals surface area contributed by atoms with E-state index in [0.29, 0.717) is 0 Å². The van der Waals surface area contributed by atoms with Crippen LogP contribution in [0.1, 0.15) is 101 Å². The summed E-state index contributed by atoms with van der Waals surface area (Å²) in [6.07, 6.45) is 41.4. The highest BCUT2D eigenvalue weighted by Gasteiger charge is 2.10. The van der Waals surface area contributed by atoms with Crippen LogP contribution in [0.4, 0.5) is 0 Å². The summed E-state index contributed by atoms with van der Waals surface area (Å²) >= 11 is 0. The molecule has 41 heavy (non-hydrogen) atoms. The molecular formula is C40H58O. The first-order chi connectivity index (χ1) is 19.3. The summed E-state index contributed by atoms with van der Waals surface area (Å²) in [6.45, 7) is 20.8. The summed E-state index contributed by atoms with van der Waals surface area (Å²) in [5, 5.41) is 9.82. The van der Waals surface area contributed by atoms with Crippen molar-refractivity contribution in [1.82, 2.24) is 0 Å². The fourth-order valence-corrected chi connectivity index (χ4v) is 3.62. The van der Waals surface area contributed by atoms with Gasteiger partial charge in [0.1, 0.15) is 0 Å². The van der Waals surface area contributed by atoms with Gasteiger partial charge in [-0.15, -0.1) is 0 Å². The molecule has 0 aromatic carbocycles. The Hall–Kier alpha value is -3.16. The minimum absolute atomic E-state index is 0.575. The van der Waals surface area contributed by atoms with Crippen molar-refractivity contribution < 1.29 is 5.11 Å². The van der Waals surface area contributed by atoms with E-state index < -0.39 is 5.60 Å². The fraction of sp³-hybridized carbons (Fsp3) is 0.400. The number of hydrogen-bond donors (Lipinski definition) is 1. The zero-order valence-corrected chi connectivity index (χ0v) is 27.8. The molecule has 1 N–H and O–H groups in total. The Morgan fingerprint density at radius 1 is 0.512 bits per heavy atom. The topological polar surface area (TPSA) is 20.2 Å². The van der Waals surface area contributed by atoms with Gasteiger partial charge >= 0.3 is 0 Å². The molecule has 0 aliphatic rings. The van der Waals surface area contributed by atoms with E-state index in [2.05, 4.69) is 159 Å². The van der Waals surface area contributed by atoms with Crippen molar-refractivity contribution >= 4 is 0 Å².